The monoisotopic (exact) mass is 295 g/mol. The van der Waals surface area contributed by atoms with Crippen molar-refractivity contribution in [3.63, 3.8) is 0 Å². The molecule has 0 unspecified atom stereocenters. The molecule has 1 heterocycles. The van der Waals surface area contributed by atoms with E-state index in [-0.39, 0.29) is 17.9 Å². The standard InChI is InChI=1S/C19H21NO2/c21-18(14-11-12-5-6-15(14)19(12)8-9-19)20-16-7-10-22-17-4-2-1-3-13(16)17/h1-6,12,14-16H,7-11H2,(H,20,21)/t12-,14+,15-,16+/m0/s1. The van der Waals surface area contributed by atoms with Gasteiger partial charge in [-0.1, -0.05) is 30.4 Å². The predicted molar refractivity (Wildman–Crippen MR) is 83.3 cm³/mol. The fourth-order valence-electron chi connectivity index (χ4n) is 5.04. The summed E-state index contributed by atoms with van der Waals surface area (Å²) in [5.41, 5.74) is 1.61. The van der Waals surface area contributed by atoms with Gasteiger partial charge in [-0.15, -0.1) is 0 Å². The van der Waals surface area contributed by atoms with Crippen LogP contribution in [-0.2, 0) is 4.79 Å². The molecule has 1 amide bonds. The second-order valence-electron chi connectivity index (χ2n) is 7.33. The lowest BCUT2D eigenvalue weighted by Crippen LogP contribution is -2.38. The largest absolute Gasteiger partial charge is 0.493 e. The minimum absolute atomic E-state index is 0.107. The van der Waals surface area contributed by atoms with Gasteiger partial charge in [0.2, 0.25) is 5.91 Å². The third kappa shape index (κ3) is 1.65. The molecule has 0 aromatic heterocycles. The zero-order valence-electron chi connectivity index (χ0n) is 12.6. The summed E-state index contributed by atoms with van der Waals surface area (Å²) in [6.45, 7) is 0.683. The van der Waals surface area contributed by atoms with Crippen molar-refractivity contribution >= 4 is 5.91 Å². The molecule has 114 valence electrons. The lowest BCUT2D eigenvalue weighted by atomic mass is 9.88. The van der Waals surface area contributed by atoms with E-state index < -0.39 is 0 Å². The summed E-state index contributed by atoms with van der Waals surface area (Å²) in [5.74, 6) is 2.52. The highest BCUT2D eigenvalue weighted by molar-refractivity contribution is 5.81. The van der Waals surface area contributed by atoms with Gasteiger partial charge in [-0.25, -0.2) is 0 Å². The highest BCUT2D eigenvalue weighted by Crippen LogP contribution is 2.70. The Kier molecular flexibility index (Phi) is 2.53. The highest BCUT2D eigenvalue weighted by atomic mass is 16.5. The van der Waals surface area contributed by atoms with Gasteiger partial charge < -0.3 is 10.1 Å². The average Bonchev–Trinajstić information content (AvgIpc) is 3.21. The minimum atomic E-state index is 0.107. The topological polar surface area (TPSA) is 38.3 Å². The normalized spacial score (nSPS) is 36.0. The Bertz CT molecular complexity index is 661. The number of carbonyl (C=O) groups is 1. The van der Waals surface area contributed by atoms with Crippen molar-refractivity contribution in [3.8, 4) is 5.75 Å². The van der Waals surface area contributed by atoms with Crippen LogP contribution in [0, 0.1) is 23.2 Å². The lowest BCUT2D eigenvalue weighted by molar-refractivity contribution is -0.126. The number of hydrogen-bond donors (Lipinski definition) is 1. The molecule has 5 rings (SSSR count). The van der Waals surface area contributed by atoms with Crippen LogP contribution < -0.4 is 10.1 Å². The molecule has 3 heteroatoms. The van der Waals surface area contributed by atoms with Gasteiger partial charge in [0.25, 0.3) is 0 Å². The Morgan fingerprint density at radius 3 is 2.91 bits per heavy atom. The number of fused-ring (bicyclic) bond motifs is 1. The van der Waals surface area contributed by atoms with Crippen LogP contribution in [0.4, 0.5) is 0 Å². The van der Waals surface area contributed by atoms with E-state index in [2.05, 4.69) is 23.5 Å². The molecule has 1 aromatic rings. The van der Waals surface area contributed by atoms with Crippen molar-refractivity contribution < 1.29 is 9.53 Å². The predicted octanol–water partition coefficient (Wildman–Crippen LogP) is 3.23. The molecule has 0 saturated heterocycles. The Morgan fingerprint density at radius 2 is 2.09 bits per heavy atom. The molecule has 4 atom stereocenters. The van der Waals surface area contributed by atoms with Gasteiger partial charge in [0, 0.05) is 17.9 Å². The van der Waals surface area contributed by atoms with Crippen LogP contribution in [0.5, 0.6) is 5.75 Å². The molecule has 22 heavy (non-hydrogen) atoms. The summed E-state index contributed by atoms with van der Waals surface area (Å²) < 4.78 is 5.69. The Balaban J connectivity index is 1.35. The molecule has 0 radical (unpaired) electrons. The van der Waals surface area contributed by atoms with Crippen molar-refractivity contribution in [2.75, 3.05) is 6.61 Å². The van der Waals surface area contributed by atoms with Crippen molar-refractivity contribution in [1.29, 1.82) is 0 Å². The first-order chi connectivity index (χ1) is 10.8. The van der Waals surface area contributed by atoms with Gasteiger partial charge in [-0.05, 0) is 42.6 Å². The van der Waals surface area contributed by atoms with Crippen LogP contribution in [0.1, 0.15) is 37.3 Å². The zero-order chi connectivity index (χ0) is 14.7. The van der Waals surface area contributed by atoms with Crippen molar-refractivity contribution in [1.82, 2.24) is 5.32 Å². The molecule has 1 N–H and O–H groups in total. The van der Waals surface area contributed by atoms with Crippen LogP contribution in [0.25, 0.3) is 0 Å². The van der Waals surface area contributed by atoms with Crippen LogP contribution >= 0.6 is 0 Å². The summed E-state index contributed by atoms with van der Waals surface area (Å²) >= 11 is 0. The third-order valence-corrected chi connectivity index (χ3v) is 6.33. The number of hydrogen-bond acceptors (Lipinski definition) is 2. The molecule has 4 aliphatic rings. The molecular formula is C19H21NO2. The molecule has 2 saturated carbocycles. The lowest BCUT2D eigenvalue weighted by Gasteiger charge is -2.29. The Morgan fingerprint density at radius 1 is 1.23 bits per heavy atom. The highest BCUT2D eigenvalue weighted by Gasteiger charge is 2.64. The van der Waals surface area contributed by atoms with E-state index in [1.54, 1.807) is 0 Å². The van der Waals surface area contributed by atoms with E-state index in [4.69, 9.17) is 4.74 Å². The SMILES string of the molecule is O=C(N[C@@H]1CCOc2ccccc21)[C@@H]1C[C@@H]2C=C[C@@H]1C21CC1. The summed E-state index contributed by atoms with van der Waals surface area (Å²) in [7, 11) is 0. The minimum Gasteiger partial charge on any atom is -0.493 e. The van der Waals surface area contributed by atoms with Crippen LogP contribution in [0.3, 0.4) is 0 Å². The van der Waals surface area contributed by atoms with Gasteiger partial charge in [0.1, 0.15) is 5.75 Å². The Labute approximate surface area is 130 Å². The van der Waals surface area contributed by atoms with Gasteiger partial charge in [0.05, 0.1) is 12.6 Å². The maximum Gasteiger partial charge on any atom is 0.224 e. The molecule has 3 aliphatic carbocycles. The second kappa shape index (κ2) is 4.37. The molecule has 2 bridgehead atoms. The summed E-state index contributed by atoms with van der Waals surface area (Å²) in [6.07, 6.45) is 9.25. The van der Waals surface area contributed by atoms with Crippen LogP contribution in [0.2, 0.25) is 0 Å². The number of rotatable bonds is 2. The smallest absolute Gasteiger partial charge is 0.224 e. The van der Waals surface area contributed by atoms with Gasteiger partial charge in [0.15, 0.2) is 0 Å². The first-order valence-corrected chi connectivity index (χ1v) is 8.48. The van der Waals surface area contributed by atoms with Crippen molar-refractivity contribution in [2.24, 2.45) is 23.2 Å². The van der Waals surface area contributed by atoms with E-state index in [0.717, 1.165) is 24.2 Å². The van der Waals surface area contributed by atoms with Crippen LogP contribution in [-0.4, -0.2) is 12.5 Å². The van der Waals surface area contributed by atoms with Crippen molar-refractivity contribution in [3.05, 3.63) is 42.0 Å². The van der Waals surface area contributed by atoms with E-state index in [1.807, 2.05) is 18.2 Å². The molecular weight excluding hydrogens is 274 g/mol. The number of ether oxygens (including phenoxy) is 1. The number of carbonyl (C=O) groups excluding carboxylic acids is 1. The molecule has 1 spiro atoms. The molecule has 1 aromatic carbocycles. The van der Waals surface area contributed by atoms with Crippen LogP contribution in [0.15, 0.2) is 36.4 Å². The van der Waals surface area contributed by atoms with Gasteiger partial charge >= 0.3 is 0 Å². The number of para-hydroxylation sites is 1. The summed E-state index contributed by atoms with van der Waals surface area (Å²) in [6, 6.07) is 8.18. The number of amides is 1. The maximum absolute atomic E-state index is 12.8. The third-order valence-electron chi connectivity index (χ3n) is 6.33. The fourth-order valence-corrected chi connectivity index (χ4v) is 5.04. The number of benzene rings is 1. The quantitative estimate of drug-likeness (QED) is 0.851. The Hall–Kier alpha value is -1.77. The van der Waals surface area contributed by atoms with Crippen molar-refractivity contribution in [2.45, 2.75) is 31.7 Å². The van der Waals surface area contributed by atoms with E-state index in [1.165, 1.54) is 12.8 Å². The van der Waals surface area contributed by atoms with Gasteiger partial charge in [-0.2, -0.15) is 0 Å². The van der Waals surface area contributed by atoms with Gasteiger partial charge in [-0.3, -0.25) is 4.79 Å². The first kappa shape index (κ1) is 12.7. The number of allylic oxidation sites excluding steroid dienone is 2. The van der Waals surface area contributed by atoms with E-state index >= 15 is 0 Å². The first-order valence-electron chi connectivity index (χ1n) is 8.48. The second-order valence-corrected chi connectivity index (χ2v) is 7.33. The zero-order valence-corrected chi connectivity index (χ0v) is 12.6. The maximum atomic E-state index is 12.8. The van der Waals surface area contributed by atoms with E-state index in [9.17, 15) is 4.79 Å². The molecule has 1 aliphatic heterocycles. The molecule has 3 nitrogen and oxygen atoms in total. The molecule has 2 fully saturated rings. The average molecular weight is 295 g/mol. The number of nitrogens with one attached hydrogen (secondary N) is 1. The summed E-state index contributed by atoms with van der Waals surface area (Å²) in [5, 5.41) is 3.31. The van der Waals surface area contributed by atoms with E-state index in [0.29, 0.717) is 23.9 Å². The summed E-state index contributed by atoms with van der Waals surface area (Å²) in [4.78, 5) is 12.8. The fraction of sp³-hybridized carbons (Fsp3) is 0.526.